The van der Waals surface area contributed by atoms with Gasteiger partial charge in [0.1, 0.15) is 12.4 Å². The summed E-state index contributed by atoms with van der Waals surface area (Å²) in [7, 11) is 0. The van der Waals surface area contributed by atoms with E-state index in [1.807, 2.05) is 39.0 Å². The second kappa shape index (κ2) is 9.36. The third-order valence-electron chi connectivity index (χ3n) is 6.73. The molecule has 0 amide bonds. The van der Waals surface area contributed by atoms with Crippen LogP contribution in [0.25, 0.3) is 10.1 Å². The lowest BCUT2D eigenvalue weighted by atomic mass is 9.74. The molecule has 0 aliphatic carbocycles. The minimum Gasteiger partial charge on any atom is -0.491 e. The molecule has 0 saturated carbocycles. The van der Waals surface area contributed by atoms with Crippen molar-refractivity contribution in [3.63, 3.8) is 0 Å². The summed E-state index contributed by atoms with van der Waals surface area (Å²) in [6.07, 6.45) is 1.45. The van der Waals surface area contributed by atoms with Gasteiger partial charge in [-0.25, -0.2) is 0 Å². The Kier molecular flexibility index (Phi) is 7.16. The SMILES string of the molecule is CCC(CC)(c1ccc(OCC(O)C(C)(C)C)c(C)c1)c1cc2ccc(C(C)=O)cc2s1. The van der Waals surface area contributed by atoms with E-state index in [-0.39, 0.29) is 23.2 Å². The van der Waals surface area contributed by atoms with E-state index in [0.717, 1.165) is 34.4 Å². The molecule has 1 N–H and O–H groups in total. The normalized spacial score (nSPS) is 13.4. The summed E-state index contributed by atoms with van der Waals surface area (Å²) in [6, 6.07) is 14.7. The number of aliphatic hydroxyl groups excluding tert-OH is 1. The lowest BCUT2D eigenvalue weighted by Gasteiger charge is -2.32. The van der Waals surface area contributed by atoms with Crippen molar-refractivity contribution in [2.75, 3.05) is 6.61 Å². The molecule has 1 atom stereocenters. The molecule has 0 aliphatic rings. The van der Waals surface area contributed by atoms with Gasteiger partial charge in [0.15, 0.2) is 5.78 Å². The number of carbonyl (C=O) groups excluding carboxylic acids is 1. The number of hydrogen-bond acceptors (Lipinski definition) is 4. The van der Waals surface area contributed by atoms with E-state index in [0.29, 0.717) is 0 Å². The highest BCUT2D eigenvalue weighted by atomic mass is 32.1. The molecule has 0 fully saturated rings. The first-order valence-corrected chi connectivity index (χ1v) is 12.3. The zero-order valence-corrected chi connectivity index (χ0v) is 21.2. The Hall–Kier alpha value is -2.17. The van der Waals surface area contributed by atoms with E-state index >= 15 is 0 Å². The number of benzene rings is 2. The largest absolute Gasteiger partial charge is 0.491 e. The Morgan fingerprint density at radius 2 is 1.75 bits per heavy atom. The number of thiophene rings is 1. The Morgan fingerprint density at radius 3 is 2.31 bits per heavy atom. The fourth-order valence-corrected chi connectivity index (χ4v) is 5.62. The number of carbonyl (C=O) groups is 1. The fraction of sp³-hybridized carbons (Fsp3) is 0.464. The molecule has 4 heteroatoms. The number of aryl methyl sites for hydroxylation is 1. The Bertz CT molecular complexity index is 1100. The van der Waals surface area contributed by atoms with Crippen LogP contribution in [0.4, 0.5) is 0 Å². The van der Waals surface area contributed by atoms with Gasteiger partial charge >= 0.3 is 0 Å². The molecule has 0 spiro atoms. The zero-order chi connectivity index (χ0) is 23.7. The van der Waals surface area contributed by atoms with Gasteiger partial charge in [-0.1, -0.05) is 58.9 Å². The quantitative estimate of drug-likeness (QED) is 0.365. The van der Waals surface area contributed by atoms with Crippen molar-refractivity contribution >= 4 is 27.2 Å². The molecule has 1 unspecified atom stereocenters. The third kappa shape index (κ3) is 4.77. The second-order valence-corrected chi connectivity index (χ2v) is 11.0. The summed E-state index contributed by atoms with van der Waals surface area (Å²) in [4.78, 5) is 13.2. The standard InChI is InChI=1S/C28H36O3S/c1-8-28(9-2,26-16-21-11-10-20(19(4)29)15-24(21)32-26)22-12-13-23(18(3)14-22)31-17-25(30)27(5,6)7/h10-16,25,30H,8-9,17H2,1-7H3. The van der Waals surface area contributed by atoms with Crippen LogP contribution >= 0.6 is 11.3 Å². The summed E-state index contributed by atoms with van der Waals surface area (Å²) in [6.45, 7) is 14.5. The summed E-state index contributed by atoms with van der Waals surface area (Å²) < 4.78 is 7.13. The minimum atomic E-state index is -0.523. The Labute approximate surface area is 196 Å². The van der Waals surface area contributed by atoms with Crippen LogP contribution in [0.2, 0.25) is 0 Å². The fourth-order valence-electron chi connectivity index (χ4n) is 4.16. The first-order chi connectivity index (χ1) is 15.0. The van der Waals surface area contributed by atoms with Crippen LogP contribution in [-0.4, -0.2) is 23.6 Å². The molecule has 0 aliphatic heterocycles. The van der Waals surface area contributed by atoms with Crippen molar-refractivity contribution in [1.82, 2.24) is 0 Å². The van der Waals surface area contributed by atoms with Gasteiger partial charge in [0.05, 0.1) is 6.10 Å². The predicted molar refractivity (Wildman–Crippen MR) is 135 cm³/mol. The maximum absolute atomic E-state index is 11.8. The number of hydrogen-bond donors (Lipinski definition) is 1. The van der Waals surface area contributed by atoms with Crippen LogP contribution in [0.15, 0.2) is 42.5 Å². The van der Waals surface area contributed by atoms with Crippen LogP contribution in [0.5, 0.6) is 5.75 Å². The molecule has 172 valence electrons. The highest BCUT2D eigenvalue weighted by Gasteiger charge is 2.33. The molecular weight excluding hydrogens is 416 g/mol. The van der Waals surface area contributed by atoms with Crippen LogP contribution in [-0.2, 0) is 5.41 Å². The summed E-state index contributed by atoms with van der Waals surface area (Å²) >= 11 is 1.79. The van der Waals surface area contributed by atoms with Crippen LogP contribution in [0, 0.1) is 12.3 Å². The highest BCUT2D eigenvalue weighted by Crippen LogP contribution is 2.45. The van der Waals surface area contributed by atoms with Gasteiger partial charge in [-0.2, -0.15) is 0 Å². The van der Waals surface area contributed by atoms with Gasteiger partial charge in [-0.3, -0.25) is 4.79 Å². The minimum absolute atomic E-state index is 0.0890. The molecule has 0 saturated heterocycles. The molecule has 1 aromatic heterocycles. The molecule has 3 aromatic rings. The molecule has 1 heterocycles. The predicted octanol–water partition coefficient (Wildman–Crippen LogP) is 7.30. The molecule has 32 heavy (non-hydrogen) atoms. The first-order valence-electron chi connectivity index (χ1n) is 11.5. The number of ketones is 1. The maximum Gasteiger partial charge on any atom is 0.159 e. The summed E-state index contributed by atoms with van der Waals surface area (Å²) in [5.74, 6) is 0.919. The molecule has 2 aromatic carbocycles. The molecule has 3 rings (SSSR count). The second-order valence-electron chi connectivity index (χ2n) is 9.88. The van der Waals surface area contributed by atoms with E-state index in [1.165, 1.54) is 15.8 Å². The van der Waals surface area contributed by atoms with Crippen LogP contribution in [0.1, 0.15) is 80.7 Å². The van der Waals surface area contributed by atoms with Crippen LogP contribution < -0.4 is 4.74 Å². The van der Waals surface area contributed by atoms with Gasteiger partial charge in [0.2, 0.25) is 0 Å². The highest BCUT2D eigenvalue weighted by molar-refractivity contribution is 7.19. The van der Waals surface area contributed by atoms with Crippen molar-refractivity contribution in [3.8, 4) is 5.75 Å². The smallest absolute Gasteiger partial charge is 0.159 e. The first kappa shape index (κ1) is 24.5. The van der Waals surface area contributed by atoms with E-state index in [2.05, 4.69) is 45.0 Å². The van der Waals surface area contributed by atoms with Gasteiger partial charge in [0, 0.05) is 20.6 Å². The van der Waals surface area contributed by atoms with Crippen molar-refractivity contribution in [1.29, 1.82) is 0 Å². The Morgan fingerprint density at radius 1 is 1.06 bits per heavy atom. The van der Waals surface area contributed by atoms with Gasteiger partial charge in [-0.05, 0) is 66.8 Å². The van der Waals surface area contributed by atoms with E-state index in [4.69, 9.17) is 4.74 Å². The number of rotatable bonds is 8. The number of fused-ring (bicyclic) bond motifs is 1. The van der Waals surface area contributed by atoms with Crippen molar-refractivity contribution in [3.05, 3.63) is 64.0 Å². The Balaban J connectivity index is 1.96. The summed E-state index contributed by atoms with van der Waals surface area (Å²) in [5, 5.41) is 11.5. The van der Waals surface area contributed by atoms with Gasteiger partial charge in [0.25, 0.3) is 0 Å². The third-order valence-corrected chi connectivity index (χ3v) is 8.03. The lowest BCUT2D eigenvalue weighted by Crippen LogP contribution is -2.32. The summed E-state index contributed by atoms with van der Waals surface area (Å²) in [5.41, 5.74) is 2.82. The average Bonchev–Trinajstić information content (AvgIpc) is 3.17. The average molecular weight is 453 g/mol. The molecule has 0 bridgehead atoms. The monoisotopic (exact) mass is 452 g/mol. The van der Waals surface area contributed by atoms with Gasteiger partial charge < -0.3 is 9.84 Å². The molecular formula is C28H36O3S. The van der Waals surface area contributed by atoms with Crippen LogP contribution in [0.3, 0.4) is 0 Å². The van der Waals surface area contributed by atoms with Gasteiger partial charge in [-0.15, -0.1) is 11.3 Å². The van der Waals surface area contributed by atoms with Crippen molar-refractivity contribution in [2.45, 2.75) is 72.8 Å². The maximum atomic E-state index is 11.8. The topological polar surface area (TPSA) is 46.5 Å². The molecule has 0 radical (unpaired) electrons. The van der Waals surface area contributed by atoms with E-state index in [1.54, 1.807) is 18.3 Å². The van der Waals surface area contributed by atoms with Crippen molar-refractivity contribution < 1.29 is 14.6 Å². The number of ether oxygens (including phenoxy) is 1. The molecule has 3 nitrogen and oxygen atoms in total. The lowest BCUT2D eigenvalue weighted by molar-refractivity contribution is 0.0216. The van der Waals surface area contributed by atoms with E-state index < -0.39 is 6.10 Å². The number of Topliss-reactive ketones (excluding diaryl/α,β-unsaturated/α-hetero) is 1. The zero-order valence-electron chi connectivity index (χ0n) is 20.4. The number of aliphatic hydroxyl groups is 1. The van der Waals surface area contributed by atoms with Crippen molar-refractivity contribution in [2.24, 2.45) is 5.41 Å². The van der Waals surface area contributed by atoms with E-state index in [9.17, 15) is 9.90 Å².